The summed E-state index contributed by atoms with van der Waals surface area (Å²) in [6.45, 7) is 22.8. The SMILES string of the molecule is CC(=Cc1ccc(C(=O)O)c(C(C)C)c1)c1cc2c(cc1CC(C)C)C(C)(C)C(C)C2(C)C. The van der Waals surface area contributed by atoms with Crippen molar-refractivity contribution in [3.63, 3.8) is 0 Å². The highest BCUT2D eigenvalue weighted by Crippen LogP contribution is 2.54. The molecule has 0 saturated heterocycles. The molecule has 1 unspecified atom stereocenters. The fraction of sp³-hybridized carbons (Fsp3) is 0.516. The third-order valence-corrected chi connectivity index (χ3v) is 8.16. The van der Waals surface area contributed by atoms with Crippen molar-refractivity contribution in [2.45, 2.75) is 92.4 Å². The molecule has 1 atom stereocenters. The number of carboxylic acids is 1. The van der Waals surface area contributed by atoms with Gasteiger partial charge in [0.05, 0.1) is 5.56 Å². The predicted molar refractivity (Wildman–Crippen MR) is 141 cm³/mol. The average Bonchev–Trinajstić information content (AvgIpc) is 2.83. The monoisotopic (exact) mass is 446 g/mol. The van der Waals surface area contributed by atoms with Gasteiger partial charge >= 0.3 is 5.97 Å². The number of carbonyl (C=O) groups is 1. The van der Waals surface area contributed by atoms with Gasteiger partial charge in [-0.25, -0.2) is 4.79 Å². The molecule has 2 nitrogen and oxygen atoms in total. The normalized spacial score (nSPS) is 19.3. The smallest absolute Gasteiger partial charge is 0.335 e. The van der Waals surface area contributed by atoms with E-state index in [1.807, 2.05) is 26.0 Å². The van der Waals surface area contributed by atoms with E-state index in [1.54, 1.807) is 6.07 Å². The van der Waals surface area contributed by atoms with Crippen LogP contribution in [0, 0.1) is 11.8 Å². The van der Waals surface area contributed by atoms with E-state index in [-0.39, 0.29) is 16.7 Å². The zero-order valence-corrected chi connectivity index (χ0v) is 22.3. The van der Waals surface area contributed by atoms with E-state index < -0.39 is 5.97 Å². The topological polar surface area (TPSA) is 37.3 Å². The van der Waals surface area contributed by atoms with Crippen LogP contribution in [-0.2, 0) is 17.3 Å². The third kappa shape index (κ3) is 4.54. The van der Waals surface area contributed by atoms with Gasteiger partial charge in [0.15, 0.2) is 0 Å². The van der Waals surface area contributed by atoms with E-state index in [0.29, 0.717) is 17.4 Å². The maximum absolute atomic E-state index is 11.7. The molecule has 1 N–H and O–H groups in total. The Balaban J connectivity index is 2.18. The molecule has 0 amide bonds. The summed E-state index contributed by atoms with van der Waals surface area (Å²) >= 11 is 0. The second-order valence-electron chi connectivity index (χ2n) is 12.0. The van der Waals surface area contributed by atoms with Gasteiger partial charge in [-0.15, -0.1) is 0 Å². The summed E-state index contributed by atoms with van der Waals surface area (Å²) in [5.74, 6) is 0.434. The lowest BCUT2D eigenvalue weighted by atomic mass is 9.71. The van der Waals surface area contributed by atoms with Crippen LogP contribution in [0.4, 0.5) is 0 Å². The molecule has 3 rings (SSSR count). The molecule has 0 fully saturated rings. The van der Waals surface area contributed by atoms with Gasteiger partial charge in [-0.05, 0) is 86.9 Å². The summed E-state index contributed by atoms with van der Waals surface area (Å²) in [6, 6.07) is 10.7. The number of allylic oxidation sites excluding steroid dienone is 1. The summed E-state index contributed by atoms with van der Waals surface area (Å²) in [5.41, 5.74) is 9.57. The Labute approximate surface area is 201 Å². The van der Waals surface area contributed by atoms with Crippen LogP contribution in [0.3, 0.4) is 0 Å². The first-order chi connectivity index (χ1) is 15.2. The van der Waals surface area contributed by atoms with Crippen molar-refractivity contribution in [1.29, 1.82) is 0 Å². The Bertz CT molecular complexity index is 1100. The zero-order valence-electron chi connectivity index (χ0n) is 22.3. The van der Waals surface area contributed by atoms with Crippen LogP contribution in [0.5, 0.6) is 0 Å². The van der Waals surface area contributed by atoms with Gasteiger partial charge in [-0.2, -0.15) is 0 Å². The predicted octanol–water partition coefficient (Wildman–Crippen LogP) is 8.47. The van der Waals surface area contributed by atoms with Crippen molar-refractivity contribution < 1.29 is 9.90 Å². The van der Waals surface area contributed by atoms with Gasteiger partial charge in [0, 0.05) is 0 Å². The maximum Gasteiger partial charge on any atom is 0.335 e. The Morgan fingerprint density at radius 3 is 2.06 bits per heavy atom. The molecule has 2 aromatic rings. The number of aromatic carboxylic acids is 1. The second kappa shape index (κ2) is 8.78. The van der Waals surface area contributed by atoms with Crippen molar-refractivity contribution in [2.24, 2.45) is 11.8 Å². The van der Waals surface area contributed by atoms with Crippen LogP contribution in [0.15, 0.2) is 30.3 Å². The van der Waals surface area contributed by atoms with Crippen molar-refractivity contribution >= 4 is 17.6 Å². The molecule has 1 aliphatic carbocycles. The lowest BCUT2D eigenvalue weighted by Gasteiger charge is -2.32. The Morgan fingerprint density at radius 1 is 0.970 bits per heavy atom. The van der Waals surface area contributed by atoms with E-state index in [2.05, 4.69) is 73.6 Å². The maximum atomic E-state index is 11.7. The average molecular weight is 447 g/mol. The minimum atomic E-state index is -0.859. The summed E-state index contributed by atoms with van der Waals surface area (Å²) in [6.07, 6.45) is 3.27. The number of carboxylic acid groups (broad SMARTS) is 1. The van der Waals surface area contributed by atoms with E-state index in [1.165, 1.54) is 27.8 Å². The molecule has 0 radical (unpaired) electrons. The standard InChI is InChI=1S/C31H42O2/c1-18(2)13-23-16-27-28(31(9,10)21(6)30(27,7)8)17-26(23)20(5)14-22-11-12-24(29(32)33)25(15-22)19(3)4/h11-12,14-19,21H,13H2,1-10H3,(H,32,33). The Morgan fingerprint density at radius 2 is 1.55 bits per heavy atom. The lowest BCUT2D eigenvalue weighted by Crippen LogP contribution is -2.30. The van der Waals surface area contributed by atoms with Crippen LogP contribution in [-0.4, -0.2) is 11.1 Å². The molecule has 1 aliphatic rings. The third-order valence-electron chi connectivity index (χ3n) is 8.16. The zero-order chi connectivity index (χ0) is 24.9. The quantitative estimate of drug-likeness (QED) is 0.452. The van der Waals surface area contributed by atoms with Gasteiger partial charge in [-0.3, -0.25) is 0 Å². The molecule has 178 valence electrons. The van der Waals surface area contributed by atoms with Crippen molar-refractivity contribution in [1.82, 2.24) is 0 Å². The molecular weight excluding hydrogens is 404 g/mol. The highest BCUT2D eigenvalue weighted by atomic mass is 16.4. The van der Waals surface area contributed by atoms with E-state index >= 15 is 0 Å². The fourth-order valence-electron chi connectivity index (χ4n) is 5.73. The summed E-state index contributed by atoms with van der Waals surface area (Å²) in [7, 11) is 0. The first-order valence-corrected chi connectivity index (χ1v) is 12.4. The van der Waals surface area contributed by atoms with Crippen LogP contribution < -0.4 is 0 Å². The first kappa shape index (κ1) is 25.3. The molecule has 0 spiro atoms. The summed E-state index contributed by atoms with van der Waals surface area (Å²) < 4.78 is 0. The molecule has 0 aromatic heterocycles. The van der Waals surface area contributed by atoms with E-state index in [0.717, 1.165) is 17.5 Å². The van der Waals surface area contributed by atoms with Gasteiger partial charge < -0.3 is 5.11 Å². The highest BCUT2D eigenvalue weighted by molar-refractivity contribution is 5.91. The van der Waals surface area contributed by atoms with Gasteiger partial charge in [0.25, 0.3) is 0 Å². The van der Waals surface area contributed by atoms with Crippen molar-refractivity contribution in [3.8, 4) is 0 Å². The number of benzene rings is 2. The minimum Gasteiger partial charge on any atom is -0.478 e. The Kier molecular flexibility index (Phi) is 6.72. The molecule has 2 aromatic carbocycles. The fourth-order valence-corrected chi connectivity index (χ4v) is 5.73. The van der Waals surface area contributed by atoms with Crippen molar-refractivity contribution in [3.05, 3.63) is 69.3 Å². The molecular formula is C31H42O2. The molecule has 33 heavy (non-hydrogen) atoms. The van der Waals surface area contributed by atoms with Crippen molar-refractivity contribution in [2.75, 3.05) is 0 Å². The van der Waals surface area contributed by atoms with E-state index in [9.17, 15) is 9.90 Å². The van der Waals surface area contributed by atoms with Gasteiger partial charge in [0.2, 0.25) is 0 Å². The number of fused-ring (bicyclic) bond motifs is 1. The molecule has 2 heteroatoms. The molecule has 0 aliphatic heterocycles. The van der Waals surface area contributed by atoms with Crippen LogP contribution in [0.2, 0.25) is 0 Å². The number of rotatable bonds is 6. The highest BCUT2D eigenvalue weighted by Gasteiger charge is 2.48. The van der Waals surface area contributed by atoms with Gasteiger partial charge in [0.1, 0.15) is 0 Å². The van der Waals surface area contributed by atoms with Gasteiger partial charge in [-0.1, -0.05) is 92.7 Å². The molecule has 0 saturated carbocycles. The van der Waals surface area contributed by atoms with Crippen LogP contribution in [0.25, 0.3) is 11.6 Å². The summed E-state index contributed by atoms with van der Waals surface area (Å²) in [5, 5.41) is 9.57. The summed E-state index contributed by atoms with van der Waals surface area (Å²) in [4.78, 5) is 11.7. The van der Waals surface area contributed by atoms with Crippen LogP contribution >= 0.6 is 0 Å². The molecule has 0 heterocycles. The lowest BCUT2D eigenvalue weighted by molar-refractivity contribution is 0.0695. The largest absolute Gasteiger partial charge is 0.478 e. The van der Waals surface area contributed by atoms with Crippen LogP contribution in [0.1, 0.15) is 119 Å². The minimum absolute atomic E-state index is 0.123. The second-order valence-corrected chi connectivity index (χ2v) is 12.0. The first-order valence-electron chi connectivity index (χ1n) is 12.4. The number of hydrogen-bond donors (Lipinski definition) is 1. The number of hydrogen-bond acceptors (Lipinski definition) is 1. The Hall–Kier alpha value is -2.35. The molecule has 0 bridgehead atoms. The van der Waals surface area contributed by atoms with E-state index in [4.69, 9.17) is 0 Å².